The first-order chi connectivity index (χ1) is 7.18. The van der Waals surface area contributed by atoms with Gasteiger partial charge < -0.3 is 9.73 Å². The third-order valence-corrected chi connectivity index (χ3v) is 3.25. The van der Waals surface area contributed by atoms with Gasteiger partial charge in [0, 0.05) is 18.4 Å². The van der Waals surface area contributed by atoms with Gasteiger partial charge in [0.25, 0.3) is 0 Å². The SMILES string of the molecule is CC(C)c1oc(C2CCCNC2)cc1Cl. The summed E-state index contributed by atoms with van der Waals surface area (Å²) in [6, 6.07) is 1.99. The molecule has 2 rings (SSSR count). The zero-order valence-corrected chi connectivity index (χ0v) is 10.1. The first kappa shape index (κ1) is 11.0. The smallest absolute Gasteiger partial charge is 0.125 e. The van der Waals surface area contributed by atoms with Gasteiger partial charge in [-0.15, -0.1) is 0 Å². The van der Waals surface area contributed by atoms with E-state index in [2.05, 4.69) is 19.2 Å². The minimum Gasteiger partial charge on any atom is -0.464 e. The van der Waals surface area contributed by atoms with Gasteiger partial charge >= 0.3 is 0 Å². The molecule has 0 aromatic carbocycles. The molecule has 0 bridgehead atoms. The molecule has 1 aromatic rings. The second-order valence-corrected chi connectivity index (χ2v) is 4.97. The van der Waals surface area contributed by atoms with Crippen LogP contribution in [0.2, 0.25) is 5.02 Å². The van der Waals surface area contributed by atoms with Crippen molar-refractivity contribution < 1.29 is 4.42 Å². The Morgan fingerprint density at radius 2 is 2.33 bits per heavy atom. The Morgan fingerprint density at radius 1 is 1.53 bits per heavy atom. The summed E-state index contributed by atoms with van der Waals surface area (Å²) in [5.41, 5.74) is 0. The maximum Gasteiger partial charge on any atom is 0.125 e. The Morgan fingerprint density at radius 3 is 2.87 bits per heavy atom. The largest absolute Gasteiger partial charge is 0.464 e. The fourth-order valence-electron chi connectivity index (χ4n) is 2.09. The molecule has 15 heavy (non-hydrogen) atoms. The lowest BCUT2D eigenvalue weighted by Gasteiger charge is -2.20. The first-order valence-electron chi connectivity index (χ1n) is 5.68. The summed E-state index contributed by atoms with van der Waals surface area (Å²) < 4.78 is 5.84. The van der Waals surface area contributed by atoms with Gasteiger partial charge in [-0.2, -0.15) is 0 Å². The van der Waals surface area contributed by atoms with Crippen molar-refractivity contribution in [2.75, 3.05) is 13.1 Å². The maximum absolute atomic E-state index is 6.15. The maximum atomic E-state index is 6.15. The highest BCUT2D eigenvalue weighted by atomic mass is 35.5. The van der Waals surface area contributed by atoms with E-state index < -0.39 is 0 Å². The molecule has 1 unspecified atom stereocenters. The highest BCUT2D eigenvalue weighted by Gasteiger charge is 2.21. The fraction of sp³-hybridized carbons (Fsp3) is 0.667. The summed E-state index contributed by atoms with van der Waals surface area (Å²) in [6.45, 7) is 6.35. The minimum atomic E-state index is 0.364. The molecule has 1 saturated heterocycles. The minimum absolute atomic E-state index is 0.364. The molecule has 0 aliphatic carbocycles. The molecule has 1 N–H and O–H groups in total. The molecule has 1 atom stereocenters. The number of hydrogen-bond donors (Lipinski definition) is 1. The molecular formula is C12H18ClNO. The van der Waals surface area contributed by atoms with Crippen molar-refractivity contribution in [1.29, 1.82) is 0 Å². The molecule has 0 amide bonds. The van der Waals surface area contributed by atoms with Crippen LogP contribution in [0.4, 0.5) is 0 Å². The van der Waals surface area contributed by atoms with Gasteiger partial charge in [0.15, 0.2) is 0 Å². The normalized spacial score (nSPS) is 22.3. The van der Waals surface area contributed by atoms with Gasteiger partial charge in [0.1, 0.15) is 11.5 Å². The summed E-state index contributed by atoms with van der Waals surface area (Å²) in [5.74, 6) is 2.85. The zero-order valence-electron chi connectivity index (χ0n) is 9.35. The number of furan rings is 1. The summed E-state index contributed by atoms with van der Waals surface area (Å²) >= 11 is 6.15. The predicted octanol–water partition coefficient (Wildman–Crippen LogP) is 3.52. The Balaban J connectivity index is 2.17. The number of piperidine rings is 1. The Kier molecular flexibility index (Phi) is 3.37. The second-order valence-electron chi connectivity index (χ2n) is 4.56. The topological polar surface area (TPSA) is 25.2 Å². The fourth-order valence-corrected chi connectivity index (χ4v) is 2.46. The van der Waals surface area contributed by atoms with E-state index in [-0.39, 0.29) is 0 Å². The number of rotatable bonds is 2. The lowest BCUT2D eigenvalue weighted by molar-refractivity contribution is 0.368. The Labute approximate surface area is 96.0 Å². The first-order valence-corrected chi connectivity index (χ1v) is 6.06. The number of hydrogen-bond acceptors (Lipinski definition) is 2. The van der Waals surface area contributed by atoms with Gasteiger partial charge in [-0.3, -0.25) is 0 Å². The molecule has 84 valence electrons. The molecule has 0 radical (unpaired) electrons. The summed E-state index contributed by atoms with van der Waals surface area (Å²) in [6.07, 6.45) is 2.42. The van der Waals surface area contributed by atoms with Gasteiger partial charge in [0.05, 0.1) is 5.02 Å². The van der Waals surface area contributed by atoms with Crippen LogP contribution >= 0.6 is 11.6 Å². The molecule has 1 aliphatic rings. The average molecular weight is 228 g/mol. The van der Waals surface area contributed by atoms with E-state index >= 15 is 0 Å². The van der Waals surface area contributed by atoms with Crippen molar-refractivity contribution >= 4 is 11.6 Å². The van der Waals surface area contributed by atoms with E-state index in [1.807, 2.05) is 6.07 Å². The highest BCUT2D eigenvalue weighted by Crippen LogP contribution is 2.33. The number of halogens is 1. The van der Waals surface area contributed by atoms with Gasteiger partial charge in [-0.1, -0.05) is 25.4 Å². The van der Waals surface area contributed by atoms with Crippen LogP contribution in [-0.4, -0.2) is 13.1 Å². The highest BCUT2D eigenvalue weighted by molar-refractivity contribution is 6.31. The molecule has 0 spiro atoms. The van der Waals surface area contributed by atoms with Crippen molar-refractivity contribution in [3.8, 4) is 0 Å². The van der Waals surface area contributed by atoms with E-state index in [0.717, 1.165) is 29.6 Å². The molecule has 2 nitrogen and oxygen atoms in total. The second kappa shape index (κ2) is 4.58. The van der Waals surface area contributed by atoms with Crippen LogP contribution < -0.4 is 5.32 Å². The number of nitrogens with one attached hydrogen (secondary N) is 1. The van der Waals surface area contributed by atoms with E-state index in [1.54, 1.807) is 0 Å². The quantitative estimate of drug-likeness (QED) is 0.836. The van der Waals surface area contributed by atoms with Crippen LogP contribution in [0, 0.1) is 0 Å². The molecule has 0 saturated carbocycles. The summed E-state index contributed by atoms with van der Waals surface area (Å²) in [5, 5.41) is 4.17. The van der Waals surface area contributed by atoms with Gasteiger partial charge in [0.2, 0.25) is 0 Å². The van der Waals surface area contributed by atoms with E-state index in [1.165, 1.54) is 12.8 Å². The van der Waals surface area contributed by atoms with Crippen LogP contribution in [-0.2, 0) is 0 Å². The zero-order chi connectivity index (χ0) is 10.8. The van der Waals surface area contributed by atoms with Crippen LogP contribution in [0.25, 0.3) is 0 Å². The Hall–Kier alpha value is -0.470. The molecule has 3 heteroatoms. The molecule has 1 aromatic heterocycles. The third kappa shape index (κ3) is 2.37. The van der Waals surface area contributed by atoms with Crippen LogP contribution in [0.1, 0.15) is 50.0 Å². The predicted molar refractivity (Wildman–Crippen MR) is 62.7 cm³/mol. The molecule has 1 fully saturated rings. The summed E-state index contributed by atoms with van der Waals surface area (Å²) in [7, 11) is 0. The molecular weight excluding hydrogens is 210 g/mol. The molecule has 2 heterocycles. The lowest BCUT2D eigenvalue weighted by Crippen LogP contribution is -2.28. The van der Waals surface area contributed by atoms with Crippen LogP contribution in [0.3, 0.4) is 0 Å². The van der Waals surface area contributed by atoms with Crippen LogP contribution in [0.5, 0.6) is 0 Å². The lowest BCUT2D eigenvalue weighted by atomic mass is 9.97. The van der Waals surface area contributed by atoms with Crippen molar-refractivity contribution in [3.05, 3.63) is 22.6 Å². The van der Waals surface area contributed by atoms with Crippen LogP contribution in [0.15, 0.2) is 10.5 Å². The average Bonchev–Trinajstić information content (AvgIpc) is 2.62. The summed E-state index contributed by atoms with van der Waals surface area (Å²) in [4.78, 5) is 0. The van der Waals surface area contributed by atoms with Crippen molar-refractivity contribution in [2.45, 2.75) is 38.5 Å². The third-order valence-electron chi connectivity index (χ3n) is 2.96. The van der Waals surface area contributed by atoms with Gasteiger partial charge in [-0.25, -0.2) is 0 Å². The van der Waals surface area contributed by atoms with Crippen molar-refractivity contribution in [3.63, 3.8) is 0 Å². The molecule has 1 aliphatic heterocycles. The Bertz CT molecular complexity index is 326. The van der Waals surface area contributed by atoms with E-state index in [0.29, 0.717) is 11.8 Å². The van der Waals surface area contributed by atoms with Gasteiger partial charge in [-0.05, 0) is 25.5 Å². The standard InChI is InChI=1S/C12H18ClNO/c1-8(2)12-10(13)6-11(15-12)9-4-3-5-14-7-9/h6,8-9,14H,3-5,7H2,1-2H3. The monoisotopic (exact) mass is 227 g/mol. The van der Waals surface area contributed by atoms with E-state index in [4.69, 9.17) is 16.0 Å². The van der Waals surface area contributed by atoms with Crippen molar-refractivity contribution in [1.82, 2.24) is 5.32 Å². The van der Waals surface area contributed by atoms with Crippen molar-refractivity contribution in [2.24, 2.45) is 0 Å². The van der Waals surface area contributed by atoms with E-state index in [9.17, 15) is 0 Å².